The van der Waals surface area contributed by atoms with E-state index in [2.05, 4.69) is 52.8 Å². The monoisotopic (exact) mass is 630 g/mol. The van der Waals surface area contributed by atoms with Gasteiger partial charge in [-0.05, 0) is 103 Å². The van der Waals surface area contributed by atoms with Crippen molar-refractivity contribution < 1.29 is 4.74 Å². The van der Waals surface area contributed by atoms with Gasteiger partial charge in [0.15, 0.2) is 0 Å². The predicted molar refractivity (Wildman–Crippen MR) is 203 cm³/mol. The van der Waals surface area contributed by atoms with E-state index in [1.165, 1.54) is 198 Å². The molecule has 0 aromatic carbocycles. The summed E-state index contributed by atoms with van der Waals surface area (Å²) in [5.74, 6) is 3.56. The Morgan fingerprint density at radius 3 is 1.51 bits per heavy atom. The van der Waals surface area contributed by atoms with Crippen molar-refractivity contribution in [2.24, 2.45) is 17.8 Å². The van der Waals surface area contributed by atoms with Crippen LogP contribution >= 0.6 is 0 Å². The van der Waals surface area contributed by atoms with Crippen LogP contribution in [0.1, 0.15) is 207 Å². The quantitative estimate of drug-likeness (QED) is 0.0417. The lowest BCUT2D eigenvalue weighted by atomic mass is 9.79. The molecule has 2 atom stereocenters. The van der Waals surface area contributed by atoms with Crippen LogP contribution in [-0.2, 0) is 4.74 Å². The lowest BCUT2D eigenvalue weighted by Crippen LogP contribution is -2.31. The molecular formula is C43H83NO. The molecule has 1 aliphatic rings. The fraction of sp³-hybridized carbons (Fsp3) is 0.907. The van der Waals surface area contributed by atoms with Crippen LogP contribution in [0, 0.1) is 17.8 Å². The second-order valence-electron chi connectivity index (χ2n) is 15.2. The summed E-state index contributed by atoms with van der Waals surface area (Å²) >= 11 is 0. The molecule has 1 fully saturated rings. The summed E-state index contributed by atoms with van der Waals surface area (Å²) in [7, 11) is 2.24. The van der Waals surface area contributed by atoms with E-state index >= 15 is 0 Å². The highest BCUT2D eigenvalue weighted by Gasteiger charge is 2.23. The summed E-state index contributed by atoms with van der Waals surface area (Å²) in [6.45, 7) is 20.7. The third kappa shape index (κ3) is 22.4. The minimum Gasteiger partial charge on any atom is -0.495 e. The lowest BCUT2D eigenvalue weighted by Gasteiger charge is -2.32. The van der Waals surface area contributed by atoms with E-state index in [1.807, 2.05) is 0 Å². The number of hydrogen-bond acceptors (Lipinski definition) is 2. The molecule has 266 valence electrons. The SMILES string of the molecule is C=C(CCCCCCCCC(CCCCCCCCCC)OC(=C)C1CCN(C)CC1)CCCC(CCC)C(CCC)CCC. The summed E-state index contributed by atoms with van der Waals surface area (Å²) < 4.78 is 6.63. The molecule has 0 spiro atoms. The molecule has 0 radical (unpaired) electrons. The fourth-order valence-electron chi connectivity index (χ4n) is 7.95. The molecule has 1 saturated heterocycles. The largest absolute Gasteiger partial charge is 0.495 e. The first kappa shape index (κ1) is 42.3. The van der Waals surface area contributed by atoms with E-state index in [0.717, 1.165) is 17.6 Å². The summed E-state index contributed by atoms with van der Waals surface area (Å²) in [6.07, 6.45) is 38.1. The number of rotatable bonds is 32. The Hall–Kier alpha value is -0.760. The van der Waals surface area contributed by atoms with Gasteiger partial charge in [0.1, 0.15) is 0 Å². The van der Waals surface area contributed by atoms with Gasteiger partial charge in [-0.15, -0.1) is 0 Å². The van der Waals surface area contributed by atoms with Crippen molar-refractivity contribution in [2.75, 3.05) is 20.1 Å². The molecule has 1 rings (SSSR count). The maximum Gasteiger partial charge on any atom is 0.0982 e. The van der Waals surface area contributed by atoms with Crippen LogP contribution in [0.3, 0.4) is 0 Å². The molecule has 0 aliphatic carbocycles. The van der Waals surface area contributed by atoms with E-state index < -0.39 is 0 Å². The summed E-state index contributed by atoms with van der Waals surface area (Å²) in [6, 6.07) is 0. The normalized spacial score (nSPS) is 15.9. The molecule has 2 heteroatoms. The third-order valence-corrected chi connectivity index (χ3v) is 10.9. The molecule has 0 bridgehead atoms. The number of nitrogens with zero attached hydrogens (tertiary/aromatic N) is 1. The van der Waals surface area contributed by atoms with Crippen LogP contribution in [0.25, 0.3) is 0 Å². The van der Waals surface area contributed by atoms with Crippen LogP contribution in [-0.4, -0.2) is 31.1 Å². The standard InChI is InChI=1S/C43H83NO/c1-8-12-13-14-15-16-20-23-32-43(45-39(6)40-34-36-44(7)37-35-40)33-24-21-18-17-19-22-29-38(5)30-25-31-42(28-11-4)41(26-9-2)27-10-3/h40-43H,5-6,8-37H2,1-4,7H3. The van der Waals surface area contributed by atoms with Gasteiger partial charge >= 0.3 is 0 Å². The molecule has 2 unspecified atom stereocenters. The highest BCUT2D eigenvalue weighted by atomic mass is 16.5. The topological polar surface area (TPSA) is 12.5 Å². The molecular weight excluding hydrogens is 546 g/mol. The van der Waals surface area contributed by atoms with Gasteiger partial charge in [-0.3, -0.25) is 0 Å². The van der Waals surface area contributed by atoms with Gasteiger partial charge in [-0.2, -0.15) is 0 Å². The first-order chi connectivity index (χ1) is 21.9. The van der Waals surface area contributed by atoms with Crippen molar-refractivity contribution in [2.45, 2.75) is 214 Å². The van der Waals surface area contributed by atoms with E-state index in [1.54, 1.807) is 0 Å². The molecule has 0 aromatic heterocycles. The highest BCUT2D eigenvalue weighted by molar-refractivity contribution is 4.95. The molecule has 45 heavy (non-hydrogen) atoms. The van der Waals surface area contributed by atoms with Gasteiger partial charge in [0.25, 0.3) is 0 Å². The fourth-order valence-corrected chi connectivity index (χ4v) is 7.95. The van der Waals surface area contributed by atoms with Gasteiger partial charge in [0, 0.05) is 5.92 Å². The maximum atomic E-state index is 6.63. The first-order valence-corrected chi connectivity index (χ1v) is 20.7. The maximum absolute atomic E-state index is 6.63. The number of unbranched alkanes of at least 4 members (excludes halogenated alkanes) is 12. The van der Waals surface area contributed by atoms with Crippen LogP contribution in [0.2, 0.25) is 0 Å². The Morgan fingerprint density at radius 1 is 0.556 bits per heavy atom. The molecule has 1 heterocycles. The molecule has 0 amide bonds. The predicted octanol–water partition coefficient (Wildman–Crippen LogP) is 14.2. The average Bonchev–Trinajstić information content (AvgIpc) is 3.03. The Bertz CT molecular complexity index is 671. The minimum absolute atomic E-state index is 0.386. The number of ether oxygens (including phenoxy) is 1. The first-order valence-electron chi connectivity index (χ1n) is 20.7. The Labute approximate surface area is 285 Å². The number of piperidine rings is 1. The summed E-state index contributed by atoms with van der Waals surface area (Å²) in [4.78, 5) is 2.44. The van der Waals surface area contributed by atoms with Crippen molar-refractivity contribution in [1.29, 1.82) is 0 Å². The van der Waals surface area contributed by atoms with Crippen molar-refractivity contribution in [3.8, 4) is 0 Å². The minimum atomic E-state index is 0.386. The van der Waals surface area contributed by atoms with Crippen LogP contribution in [0.5, 0.6) is 0 Å². The van der Waals surface area contributed by atoms with Gasteiger partial charge in [-0.1, -0.05) is 156 Å². The van der Waals surface area contributed by atoms with Gasteiger partial charge in [-0.25, -0.2) is 0 Å². The highest BCUT2D eigenvalue weighted by Crippen LogP contribution is 2.32. The zero-order chi connectivity index (χ0) is 33.0. The lowest BCUT2D eigenvalue weighted by molar-refractivity contribution is 0.0628. The van der Waals surface area contributed by atoms with Crippen molar-refractivity contribution in [3.63, 3.8) is 0 Å². The van der Waals surface area contributed by atoms with Crippen LogP contribution in [0.4, 0.5) is 0 Å². The average molecular weight is 630 g/mol. The number of likely N-dealkylation sites (tertiary alicyclic amines) is 1. The van der Waals surface area contributed by atoms with E-state index in [4.69, 9.17) is 4.74 Å². The Balaban J connectivity index is 2.25. The van der Waals surface area contributed by atoms with Gasteiger partial charge in [0.05, 0.1) is 11.9 Å². The zero-order valence-corrected chi connectivity index (χ0v) is 31.8. The van der Waals surface area contributed by atoms with E-state index in [9.17, 15) is 0 Å². The van der Waals surface area contributed by atoms with Crippen LogP contribution in [0.15, 0.2) is 24.5 Å². The van der Waals surface area contributed by atoms with Crippen LogP contribution < -0.4 is 0 Å². The Kier molecular flexibility index (Phi) is 27.6. The second kappa shape index (κ2) is 29.4. The molecule has 0 aromatic rings. The van der Waals surface area contributed by atoms with Crippen molar-refractivity contribution in [1.82, 2.24) is 4.90 Å². The molecule has 2 nitrogen and oxygen atoms in total. The Morgan fingerprint density at radius 2 is 1.00 bits per heavy atom. The third-order valence-electron chi connectivity index (χ3n) is 10.9. The van der Waals surface area contributed by atoms with Gasteiger partial charge < -0.3 is 9.64 Å². The molecule has 1 aliphatic heterocycles. The zero-order valence-electron chi connectivity index (χ0n) is 31.8. The number of hydrogen-bond donors (Lipinski definition) is 0. The number of allylic oxidation sites excluding steroid dienone is 2. The summed E-state index contributed by atoms with van der Waals surface area (Å²) in [5, 5.41) is 0. The molecule has 0 N–H and O–H groups in total. The van der Waals surface area contributed by atoms with E-state index in [0.29, 0.717) is 12.0 Å². The molecule has 0 saturated carbocycles. The smallest absolute Gasteiger partial charge is 0.0982 e. The summed E-state index contributed by atoms with van der Waals surface area (Å²) in [5.41, 5.74) is 1.51. The second-order valence-corrected chi connectivity index (χ2v) is 15.2. The van der Waals surface area contributed by atoms with Gasteiger partial charge in [0.2, 0.25) is 0 Å². The van der Waals surface area contributed by atoms with Crippen molar-refractivity contribution >= 4 is 0 Å². The van der Waals surface area contributed by atoms with E-state index in [-0.39, 0.29) is 0 Å². The van der Waals surface area contributed by atoms with Crippen molar-refractivity contribution in [3.05, 3.63) is 24.5 Å².